The Labute approximate surface area is 171 Å². The molecule has 1 saturated heterocycles. The first-order valence-corrected chi connectivity index (χ1v) is 10.6. The van der Waals surface area contributed by atoms with Crippen LogP contribution in [0, 0.1) is 11.7 Å². The molecule has 5 heteroatoms. The summed E-state index contributed by atoms with van der Waals surface area (Å²) in [6.07, 6.45) is 2.40. The van der Waals surface area contributed by atoms with Crippen LogP contribution in [0.3, 0.4) is 0 Å². The summed E-state index contributed by atoms with van der Waals surface area (Å²) in [6.45, 7) is 5.46. The summed E-state index contributed by atoms with van der Waals surface area (Å²) < 4.78 is 13.1. The van der Waals surface area contributed by atoms with Crippen molar-refractivity contribution in [3.63, 3.8) is 0 Å². The van der Waals surface area contributed by atoms with Crippen LogP contribution >= 0.6 is 0 Å². The summed E-state index contributed by atoms with van der Waals surface area (Å²) in [5.41, 5.74) is 2.91. The zero-order valence-electron chi connectivity index (χ0n) is 16.8. The Morgan fingerprint density at radius 2 is 1.69 bits per heavy atom. The Morgan fingerprint density at radius 3 is 2.45 bits per heavy atom. The summed E-state index contributed by atoms with van der Waals surface area (Å²) in [5, 5.41) is 10.4. The van der Waals surface area contributed by atoms with E-state index in [1.54, 1.807) is 12.1 Å². The van der Waals surface area contributed by atoms with Gasteiger partial charge in [0.1, 0.15) is 5.82 Å². The molecule has 0 spiro atoms. The second-order valence-corrected chi connectivity index (χ2v) is 8.29. The lowest BCUT2D eigenvalue weighted by Crippen LogP contribution is -2.39. The van der Waals surface area contributed by atoms with Crippen LogP contribution in [0.25, 0.3) is 0 Å². The van der Waals surface area contributed by atoms with Gasteiger partial charge in [-0.15, -0.1) is 0 Å². The quantitative estimate of drug-likeness (QED) is 0.757. The molecule has 0 aromatic heterocycles. The van der Waals surface area contributed by atoms with E-state index in [9.17, 15) is 14.3 Å². The van der Waals surface area contributed by atoms with Crippen molar-refractivity contribution in [3.8, 4) is 0 Å². The van der Waals surface area contributed by atoms with Gasteiger partial charge >= 0.3 is 0 Å². The lowest BCUT2D eigenvalue weighted by atomic mass is 9.89. The van der Waals surface area contributed by atoms with Crippen LogP contribution in [0.5, 0.6) is 0 Å². The van der Waals surface area contributed by atoms with Gasteiger partial charge in [0.05, 0.1) is 6.10 Å². The third-order valence-electron chi connectivity index (χ3n) is 6.27. The van der Waals surface area contributed by atoms with Gasteiger partial charge in [0.15, 0.2) is 5.78 Å². The number of benzene rings is 2. The number of hydrogen-bond acceptors (Lipinski definition) is 4. The molecule has 0 aliphatic carbocycles. The predicted molar refractivity (Wildman–Crippen MR) is 111 cm³/mol. The van der Waals surface area contributed by atoms with Crippen LogP contribution in [0.2, 0.25) is 0 Å². The third kappa shape index (κ3) is 4.92. The summed E-state index contributed by atoms with van der Waals surface area (Å²) in [5.74, 6) is -0.114. The zero-order chi connectivity index (χ0) is 20.2. The number of fused-ring (bicyclic) bond motifs is 1. The summed E-state index contributed by atoms with van der Waals surface area (Å²) in [6, 6.07) is 14.1. The number of ketones is 1. The second kappa shape index (κ2) is 9.16. The SMILES string of the molecule is O=C(c1ccc(F)cc1)C1CCN(CCCN2Cc3ccccc3C(O)C2)CC1. The Kier molecular flexibility index (Phi) is 6.38. The molecule has 2 heterocycles. The second-order valence-electron chi connectivity index (χ2n) is 8.29. The number of carbonyl (C=O) groups excluding carboxylic acids is 1. The fourth-order valence-electron chi connectivity index (χ4n) is 4.61. The van der Waals surface area contributed by atoms with E-state index in [1.807, 2.05) is 18.2 Å². The van der Waals surface area contributed by atoms with Crippen LogP contribution in [0.15, 0.2) is 48.5 Å². The van der Waals surface area contributed by atoms with Crippen molar-refractivity contribution < 1.29 is 14.3 Å². The smallest absolute Gasteiger partial charge is 0.166 e. The van der Waals surface area contributed by atoms with E-state index >= 15 is 0 Å². The number of piperidine rings is 1. The summed E-state index contributed by atoms with van der Waals surface area (Å²) >= 11 is 0. The highest BCUT2D eigenvalue weighted by molar-refractivity contribution is 5.97. The molecular formula is C24H29FN2O2. The average Bonchev–Trinajstić information content (AvgIpc) is 2.74. The van der Waals surface area contributed by atoms with Crippen LogP contribution in [-0.2, 0) is 6.54 Å². The average molecular weight is 397 g/mol. The van der Waals surface area contributed by atoms with E-state index in [1.165, 1.54) is 17.7 Å². The first kappa shape index (κ1) is 20.2. The lowest BCUT2D eigenvalue weighted by molar-refractivity contribution is 0.0806. The van der Waals surface area contributed by atoms with Crippen molar-refractivity contribution in [2.24, 2.45) is 5.92 Å². The molecule has 4 rings (SSSR count). The fraction of sp³-hybridized carbons (Fsp3) is 0.458. The summed E-state index contributed by atoms with van der Waals surface area (Å²) in [7, 11) is 0. The number of halogens is 1. The summed E-state index contributed by atoms with van der Waals surface area (Å²) in [4.78, 5) is 17.4. The Hall–Kier alpha value is -2.08. The van der Waals surface area contributed by atoms with E-state index < -0.39 is 6.10 Å². The van der Waals surface area contributed by atoms with Gasteiger partial charge in [0.2, 0.25) is 0 Å². The molecule has 1 atom stereocenters. The fourth-order valence-corrected chi connectivity index (χ4v) is 4.61. The Balaban J connectivity index is 1.20. The molecule has 2 aromatic rings. The Bertz CT molecular complexity index is 831. The van der Waals surface area contributed by atoms with Gasteiger partial charge in [-0.2, -0.15) is 0 Å². The van der Waals surface area contributed by atoms with Gasteiger partial charge in [-0.3, -0.25) is 9.69 Å². The number of rotatable bonds is 6. The highest BCUT2D eigenvalue weighted by Crippen LogP contribution is 2.26. The number of β-amino-alcohol motifs (C(OH)–C–C–N with tert-alkyl or cyclic N) is 1. The first-order valence-electron chi connectivity index (χ1n) is 10.6. The minimum Gasteiger partial charge on any atom is -0.387 e. The number of likely N-dealkylation sites (tertiary alicyclic amines) is 1. The maximum Gasteiger partial charge on any atom is 0.166 e. The highest BCUT2D eigenvalue weighted by Gasteiger charge is 2.26. The number of Topliss-reactive ketones (excluding diaryl/α,β-unsaturated/α-hetero) is 1. The van der Waals surface area contributed by atoms with Crippen molar-refractivity contribution in [1.29, 1.82) is 0 Å². The van der Waals surface area contributed by atoms with Gasteiger partial charge in [-0.05, 0) is 80.8 Å². The van der Waals surface area contributed by atoms with Crippen LogP contribution in [0.1, 0.15) is 46.9 Å². The first-order chi connectivity index (χ1) is 14.1. The maximum atomic E-state index is 13.1. The van der Waals surface area contributed by atoms with Gasteiger partial charge in [-0.25, -0.2) is 4.39 Å². The zero-order valence-corrected chi connectivity index (χ0v) is 16.8. The monoisotopic (exact) mass is 396 g/mol. The molecule has 0 bridgehead atoms. The minimum absolute atomic E-state index is 0.0467. The molecule has 2 aliphatic heterocycles. The molecular weight excluding hydrogens is 367 g/mol. The number of nitrogens with zero attached hydrogens (tertiary/aromatic N) is 2. The number of carbonyl (C=O) groups is 1. The molecule has 154 valence electrons. The topological polar surface area (TPSA) is 43.8 Å². The number of aliphatic hydroxyl groups is 1. The van der Waals surface area contributed by atoms with Crippen LogP contribution in [0.4, 0.5) is 4.39 Å². The van der Waals surface area contributed by atoms with Crippen molar-refractivity contribution in [2.45, 2.75) is 31.9 Å². The number of hydrogen-bond donors (Lipinski definition) is 1. The van der Waals surface area contributed by atoms with E-state index in [2.05, 4.69) is 15.9 Å². The van der Waals surface area contributed by atoms with E-state index in [0.29, 0.717) is 12.1 Å². The highest BCUT2D eigenvalue weighted by atomic mass is 19.1. The number of aliphatic hydroxyl groups excluding tert-OH is 1. The minimum atomic E-state index is -0.395. The molecule has 0 saturated carbocycles. The van der Waals surface area contributed by atoms with Crippen molar-refractivity contribution in [1.82, 2.24) is 9.80 Å². The predicted octanol–water partition coefficient (Wildman–Crippen LogP) is 3.66. The van der Waals surface area contributed by atoms with Crippen LogP contribution in [-0.4, -0.2) is 53.4 Å². The third-order valence-corrected chi connectivity index (χ3v) is 6.27. The van der Waals surface area contributed by atoms with E-state index in [4.69, 9.17) is 0 Å². The van der Waals surface area contributed by atoms with Gasteiger partial charge in [-0.1, -0.05) is 24.3 Å². The lowest BCUT2D eigenvalue weighted by Gasteiger charge is -2.34. The molecule has 1 fully saturated rings. The van der Waals surface area contributed by atoms with Gasteiger partial charge in [0, 0.05) is 24.6 Å². The Morgan fingerprint density at radius 1 is 1.00 bits per heavy atom. The van der Waals surface area contributed by atoms with E-state index in [0.717, 1.165) is 57.5 Å². The van der Waals surface area contributed by atoms with E-state index in [-0.39, 0.29) is 17.5 Å². The molecule has 0 amide bonds. The van der Waals surface area contributed by atoms with Crippen molar-refractivity contribution >= 4 is 5.78 Å². The maximum absolute atomic E-state index is 13.1. The molecule has 1 unspecified atom stereocenters. The molecule has 29 heavy (non-hydrogen) atoms. The van der Waals surface area contributed by atoms with Crippen molar-refractivity contribution in [2.75, 3.05) is 32.7 Å². The molecule has 1 N–H and O–H groups in total. The van der Waals surface area contributed by atoms with Gasteiger partial charge in [0.25, 0.3) is 0 Å². The molecule has 0 radical (unpaired) electrons. The largest absolute Gasteiger partial charge is 0.387 e. The molecule has 2 aliphatic rings. The van der Waals surface area contributed by atoms with Gasteiger partial charge < -0.3 is 10.0 Å². The molecule has 2 aromatic carbocycles. The van der Waals surface area contributed by atoms with Crippen LogP contribution < -0.4 is 0 Å². The van der Waals surface area contributed by atoms with Crippen molar-refractivity contribution in [3.05, 3.63) is 71.0 Å². The normalized spacial score (nSPS) is 21.1. The molecule has 4 nitrogen and oxygen atoms in total. The standard InChI is InChI=1S/C24H29FN2O2/c25-21-8-6-18(7-9-21)24(29)19-10-14-26(15-11-19)12-3-13-27-16-20-4-1-2-5-22(20)23(28)17-27/h1-2,4-9,19,23,28H,3,10-17H2.